The Hall–Kier alpha value is -1.66. The van der Waals surface area contributed by atoms with Gasteiger partial charge >= 0.3 is 0 Å². The van der Waals surface area contributed by atoms with Crippen LogP contribution in [0.4, 0.5) is 0 Å². The van der Waals surface area contributed by atoms with Crippen molar-refractivity contribution in [3.05, 3.63) is 46.4 Å². The first-order valence-corrected chi connectivity index (χ1v) is 11.4. The van der Waals surface area contributed by atoms with Crippen molar-refractivity contribution in [1.29, 1.82) is 0 Å². The predicted octanol–water partition coefficient (Wildman–Crippen LogP) is 2.15. The third-order valence-corrected chi connectivity index (χ3v) is 7.16. The molecule has 0 bridgehead atoms. The summed E-state index contributed by atoms with van der Waals surface area (Å²) in [5.74, 6) is 0.627. The third kappa shape index (κ3) is 4.99. The summed E-state index contributed by atoms with van der Waals surface area (Å²) < 4.78 is 61.7. The Morgan fingerprint density at radius 1 is 1.04 bits per heavy atom. The normalized spacial score (nSPS) is 13.2. The van der Waals surface area contributed by atoms with Crippen molar-refractivity contribution in [2.75, 3.05) is 14.2 Å². The highest BCUT2D eigenvalue weighted by molar-refractivity contribution is 9.10. The van der Waals surface area contributed by atoms with Gasteiger partial charge in [-0.25, -0.2) is 26.7 Å². The van der Waals surface area contributed by atoms with Crippen LogP contribution in [0.15, 0.2) is 50.7 Å². The number of benzene rings is 2. The van der Waals surface area contributed by atoms with Crippen molar-refractivity contribution < 1.29 is 26.3 Å². The molecule has 0 aliphatic carbocycles. The number of rotatable bonds is 7. The quantitative estimate of drug-likeness (QED) is 0.627. The van der Waals surface area contributed by atoms with Crippen molar-refractivity contribution in [3.8, 4) is 11.5 Å². The molecule has 2 aromatic rings. The summed E-state index contributed by atoms with van der Waals surface area (Å²) in [7, 11) is -5.01. The van der Waals surface area contributed by atoms with Crippen LogP contribution in [0.5, 0.6) is 11.5 Å². The first kappa shape index (κ1) is 21.6. The van der Waals surface area contributed by atoms with E-state index in [-0.39, 0.29) is 20.0 Å². The Bertz CT molecular complexity index is 1050. The van der Waals surface area contributed by atoms with Crippen LogP contribution in [0.3, 0.4) is 0 Å². The molecule has 0 amide bonds. The molecular weight excluding hydrogens is 460 g/mol. The zero-order chi connectivity index (χ0) is 20.4. The SMILES string of the molecule is COc1cc(Br)c(S(=O)(=O)NC(C)c2cccc(S(N)(=O)=O)c2)cc1OC. The minimum atomic E-state index is -3.96. The molecule has 2 aromatic carbocycles. The summed E-state index contributed by atoms with van der Waals surface area (Å²) in [4.78, 5) is -0.145. The second-order valence-corrected chi connectivity index (χ2v) is 9.70. The number of halogens is 1. The smallest absolute Gasteiger partial charge is 0.242 e. The second kappa shape index (κ2) is 8.15. The second-order valence-electron chi connectivity index (χ2n) is 5.60. The van der Waals surface area contributed by atoms with Crippen molar-refractivity contribution in [2.45, 2.75) is 22.8 Å². The maximum absolute atomic E-state index is 12.8. The number of nitrogens with two attached hydrogens (primary N) is 1. The predicted molar refractivity (Wildman–Crippen MR) is 104 cm³/mol. The lowest BCUT2D eigenvalue weighted by molar-refractivity contribution is 0.353. The maximum atomic E-state index is 12.8. The van der Waals surface area contributed by atoms with Crippen LogP contribution in [0.25, 0.3) is 0 Å². The number of primary sulfonamides is 1. The van der Waals surface area contributed by atoms with E-state index in [4.69, 9.17) is 14.6 Å². The molecule has 0 saturated heterocycles. The van der Waals surface area contributed by atoms with E-state index in [0.717, 1.165) is 0 Å². The van der Waals surface area contributed by atoms with Crippen molar-refractivity contribution >= 4 is 36.0 Å². The molecule has 0 radical (unpaired) electrons. The minimum absolute atomic E-state index is 0.0467. The number of ether oxygens (including phenoxy) is 2. The van der Waals surface area contributed by atoms with Gasteiger partial charge < -0.3 is 9.47 Å². The summed E-state index contributed by atoms with van der Waals surface area (Å²) in [6, 6.07) is 7.87. The largest absolute Gasteiger partial charge is 0.493 e. The minimum Gasteiger partial charge on any atom is -0.493 e. The summed E-state index contributed by atoms with van der Waals surface area (Å²) in [6.07, 6.45) is 0. The van der Waals surface area contributed by atoms with E-state index in [9.17, 15) is 16.8 Å². The van der Waals surface area contributed by atoms with E-state index in [1.54, 1.807) is 13.0 Å². The summed E-state index contributed by atoms with van der Waals surface area (Å²) in [6.45, 7) is 1.59. The van der Waals surface area contributed by atoms with Crippen molar-refractivity contribution in [1.82, 2.24) is 4.72 Å². The Morgan fingerprint density at radius 2 is 1.63 bits per heavy atom. The van der Waals surface area contributed by atoms with Crippen LogP contribution < -0.4 is 19.3 Å². The first-order valence-electron chi connectivity index (χ1n) is 7.56. The lowest BCUT2D eigenvalue weighted by Crippen LogP contribution is -2.27. The average Bonchev–Trinajstić information content (AvgIpc) is 2.60. The molecule has 0 heterocycles. The van der Waals surface area contributed by atoms with Gasteiger partial charge in [0, 0.05) is 16.6 Å². The fraction of sp³-hybridized carbons (Fsp3) is 0.250. The van der Waals surface area contributed by atoms with Gasteiger partial charge in [-0.15, -0.1) is 0 Å². The van der Waals surface area contributed by atoms with Gasteiger partial charge in [-0.3, -0.25) is 0 Å². The molecule has 0 aromatic heterocycles. The standard InChI is InChI=1S/C16H19BrN2O6S2/c1-10(11-5-4-6-12(7-11)26(18,20)21)19-27(22,23)16-9-15(25-3)14(24-2)8-13(16)17/h4-10,19H,1-3H3,(H2,18,20,21). The van der Waals surface area contributed by atoms with Gasteiger partial charge in [-0.1, -0.05) is 12.1 Å². The molecule has 2 rings (SSSR count). The zero-order valence-corrected chi connectivity index (χ0v) is 18.0. The van der Waals surface area contributed by atoms with E-state index in [2.05, 4.69) is 20.7 Å². The van der Waals surface area contributed by atoms with E-state index >= 15 is 0 Å². The van der Waals surface area contributed by atoms with Gasteiger partial charge in [-0.05, 0) is 46.6 Å². The van der Waals surface area contributed by atoms with Gasteiger partial charge in [0.15, 0.2) is 11.5 Å². The molecule has 3 N–H and O–H groups in total. The van der Waals surface area contributed by atoms with Crippen LogP contribution in [-0.2, 0) is 20.0 Å². The molecule has 27 heavy (non-hydrogen) atoms. The average molecular weight is 479 g/mol. The molecule has 1 unspecified atom stereocenters. The molecule has 0 spiro atoms. The van der Waals surface area contributed by atoms with Crippen LogP contribution in [0.2, 0.25) is 0 Å². The topological polar surface area (TPSA) is 125 Å². The van der Waals surface area contributed by atoms with Crippen molar-refractivity contribution in [2.24, 2.45) is 5.14 Å². The molecule has 0 aliphatic rings. The van der Waals surface area contributed by atoms with E-state index in [1.165, 1.54) is 44.6 Å². The number of methoxy groups -OCH3 is 2. The van der Waals surface area contributed by atoms with Gasteiger partial charge in [0.1, 0.15) is 4.90 Å². The van der Waals surface area contributed by atoms with E-state index in [0.29, 0.717) is 11.3 Å². The van der Waals surface area contributed by atoms with Crippen LogP contribution in [0, 0.1) is 0 Å². The highest BCUT2D eigenvalue weighted by Gasteiger charge is 2.24. The van der Waals surface area contributed by atoms with Crippen LogP contribution in [0.1, 0.15) is 18.5 Å². The van der Waals surface area contributed by atoms with E-state index < -0.39 is 26.1 Å². The van der Waals surface area contributed by atoms with Gasteiger partial charge in [0.05, 0.1) is 19.1 Å². The van der Waals surface area contributed by atoms with Gasteiger partial charge in [0.25, 0.3) is 0 Å². The third-order valence-electron chi connectivity index (χ3n) is 3.75. The Kier molecular flexibility index (Phi) is 6.53. The molecular formula is C16H19BrN2O6S2. The first-order chi connectivity index (χ1) is 12.5. The van der Waals surface area contributed by atoms with Gasteiger partial charge in [-0.2, -0.15) is 0 Å². The van der Waals surface area contributed by atoms with Gasteiger partial charge in [0.2, 0.25) is 20.0 Å². The summed E-state index contributed by atoms with van der Waals surface area (Å²) >= 11 is 3.22. The summed E-state index contributed by atoms with van der Waals surface area (Å²) in [5, 5.41) is 5.12. The lowest BCUT2D eigenvalue weighted by Gasteiger charge is -2.17. The highest BCUT2D eigenvalue weighted by Crippen LogP contribution is 2.36. The highest BCUT2D eigenvalue weighted by atomic mass is 79.9. The van der Waals surface area contributed by atoms with E-state index in [1.807, 2.05) is 0 Å². The van der Waals surface area contributed by atoms with Crippen LogP contribution >= 0.6 is 15.9 Å². The fourth-order valence-corrected chi connectivity index (χ4v) is 5.20. The fourth-order valence-electron chi connectivity index (χ4n) is 2.37. The summed E-state index contributed by atoms with van der Waals surface area (Å²) in [5.41, 5.74) is 0.446. The lowest BCUT2D eigenvalue weighted by atomic mass is 10.1. The van der Waals surface area contributed by atoms with Crippen LogP contribution in [-0.4, -0.2) is 31.1 Å². The monoisotopic (exact) mass is 478 g/mol. The van der Waals surface area contributed by atoms with Crippen molar-refractivity contribution in [3.63, 3.8) is 0 Å². The molecule has 1 atom stereocenters. The Morgan fingerprint density at radius 3 is 2.19 bits per heavy atom. The number of hydrogen-bond acceptors (Lipinski definition) is 6. The molecule has 11 heteroatoms. The number of nitrogens with one attached hydrogen (secondary N) is 1. The Balaban J connectivity index is 2.39. The molecule has 0 saturated carbocycles. The maximum Gasteiger partial charge on any atom is 0.242 e. The Labute approximate surface area is 166 Å². The molecule has 0 aliphatic heterocycles. The molecule has 8 nitrogen and oxygen atoms in total. The zero-order valence-electron chi connectivity index (χ0n) is 14.8. The number of sulfonamides is 2. The molecule has 148 valence electrons. The number of hydrogen-bond donors (Lipinski definition) is 2. The molecule has 0 fully saturated rings.